The zero-order chi connectivity index (χ0) is 31.8. The van der Waals surface area contributed by atoms with Gasteiger partial charge in [-0.3, -0.25) is 23.0 Å². The number of nitrogens with two attached hydrogens (primary N) is 1. The summed E-state index contributed by atoms with van der Waals surface area (Å²) in [6.45, 7) is -0.0759. The molecular formula is C21H24FN10O11PS. The van der Waals surface area contributed by atoms with Crippen molar-refractivity contribution in [1.29, 1.82) is 0 Å². The van der Waals surface area contributed by atoms with Crippen molar-refractivity contribution in [2.75, 3.05) is 18.9 Å². The van der Waals surface area contributed by atoms with Gasteiger partial charge in [-0.05, 0) is 6.92 Å². The number of alkyl halides is 1. The number of nitrogen functional groups attached to an aromatic ring is 1. The summed E-state index contributed by atoms with van der Waals surface area (Å²) in [6.07, 6.45) is -10.0. The molecule has 9 atom stereocenters. The van der Waals surface area contributed by atoms with Crippen LogP contribution in [0.1, 0.15) is 18.3 Å². The molecule has 21 nitrogen and oxygen atoms in total. The Hall–Kier alpha value is -3.51. The van der Waals surface area contributed by atoms with Crippen molar-refractivity contribution < 1.29 is 50.1 Å². The van der Waals surface area contributed by atoms with Crippen molar-refractivity contribution in [3.63, 3.8) is 0 Å². The van der Waals surface area contributed by atoms with Crippen molar-refractivity contribution in [2.45, 2.75) is 56.1 Å². The second kappa shape index (κ2) is 10.8. The van der Waals surface area contributed by atoms with E-state index in [4.69, 9.17) is 28.4 Å². The van der Waals surface area contributed by atoms with Gasteiger partial charge in [-0.25, -0.2) is 38.1 Å². The minimum absolute atomic E-state index is 0.0366. The summed E-state index contributed by atoms with van der Waals surface area (Å²) < 4.78 is 86.4. The summed E-state index contributed by atoms with van der Waals surface area (Å²) in [5.41, 5.74) is 5.35. The zero-order valence-corrected chi connectivity index (χ0v) is 24.5. The highest BCUT2D eigenvalue weighted by Crippen LogP contribution is 2.50. The van der Waals surface area contributed by atoms with E-state index in [-0.39, 0.29) is 34.0 Å². The Bertz CT molecular complexity index is 2010. The Morgan fingerprint density at radius 1 is 1.07 bits per heavy atom. The van der Waals surface area contributed by atoms with Gasteiger partial charge in [0, 0.05) is 6.54 Å². The van der Waals surface area contributed by atoms with Crippen molar-refractivity contribution in [1.82, 2.24) is 43.8 Å². The third-order valence-corrected chi connectivity index (χ3v) is 9.40. The molecule has 3 aliphatic rings. The molecule has 7 rings (SSSR count). The standard InChI is InChI=1S/C21H24FN10O11PS/c1-7-29-18-12(19(34)30-7)27-6-32(18)20-10(22)14-9(41-20)3-39-44(35,36)42-15-8(2-28-45(37,38)43-14)40-21(13(15)33)31-5-26-11-16(23)24-4-25-17(11)31/h4-6,8-10,13-15,20-21,28,33H,2-3H2,1H3,(H,35,36)(H2,23,24,25)(H,29,30,34)/t8-,9-,10-,13-,14-,15-,20-,21-/m1/s1. The minimum Gasteiger partial charge on any atom is -0.386 e. The van der Waals surface area contributed by atoms with Gasteiger partial charge >= 0.3 is 18.1 Å². The molecule has 0 aromatic carbocycles. The molecule has 24 heteroatoms. The Balaban J connectivity index is 1.17. The molecule has 6 N–H and O–H groups in total. The van der Waals surface area contributed by atoms with Crippen LogP contribution in [0.5, 0.6) is 0 Å². The first kappa shape index (κ1) is 30.2. The number of aliphatic hydroxyl groups excluding tert-OH is 1. The number of nitrogens with one attached hydrogen (secondary N) is 2. The van der Waals surface area contributed by atoms with Gasteiger partial charge in [-0.1, -0.05) is 0 Å². The maximum atomic E-state index is 15.9. The van der Waals surface area contributed by atoms with Gasteiger partial charge in [0.1, 0.15) is 48.2 Å². The maximum Gasteiger partial charge on any atom is 0.472 e. The number of aryl methyl sites for hydroxylation is 1. The van der Waals surface area contributed by atoms with Crippen LogP contribution in [0.25, 0.3) is 22.3 Å². The lowest BCUT2D eigenvalue weighted by molar-refractivity contribution is -0.0502. The lowest BCUT2D eigenvalue weighted by Crippen LogP contribution is -2.45. The lowest BCUT2D eigenvalue weighted by atomic mass is 10.1. The Kier molecular flexibility index (Phi) is 7.23. The highest BCUT2D eigenvalue weighted by molar-refractivity contribution is 7.84. The average Bonchev–Trinajstić information content (AvgIpc) is 3.72. The zero-order valence-electron chi connectivity index (χ0n) is 22.8. The molecule has 0 amide bonds. The summed E-state index contributed by atoms with van der Waals surface area (Å²) in [5, 5.41) is 11.1. The number of hydrogen-bond acceptors (Lipinski definition) is 16. The summed E-state index contributed by atoms with van der Waals surface area (Å²) in [7, 11) is -9.83. The number of H-pyrrole nitrogens is 1. The highest BCUT2D eigenvalue weighted by Gasteiger charge is 2.53. The van der Waals surface area contributed by atoms with Gasteiger partial charge in [0.15, 0.2) is 41.3 Å². The first-order valence-electron chi connectivity index (χ1n) is 13.1. The molecule has 0 saturated carbocycles. The van der Waals surface area contributed by atoms with Gasteiger partial charge in [0.05, 0.1) is 19.3 Å². The van der Waals surface area contributed by atoms with Crippen LogP contribution in [0.2, 0.25) is 0 Å². The number of imidazole rings is 2. The largest absolute Gasteiger partial charge is 0.472 e. The quantitative estimate of drug-likeness (QED) is 0.145. The van der Waals surface area contributed by atoms with Crippen LogP contribution >= 0.6 is 7.82 Å². The van der Waals surface area contributed by atoms with Gasteiger partial charge in [0.25, 0.3) is 5.56 Å². The predicted octanol–water partition coefficient (Wildman–Crippen LogP) is -1.92. The topological polar surface area (TPSA) is 283 Å². The Labute approximate surface area is 250 Å². The summed E-state index contributed by atoms with van der Waals surface area (Å²) in [5.74, 6) is 0.226. The smallest absolute Gasteiger partial charge is 0.386 e. The van der Waals surface area contributed by atoms with E-state index in [9.17, 15) is 27.8 Å². The minimum atomic E-state index is -5.06. The molecule has 0 radical (unpaired) electrons. The summed E-state index contributed by atoms with van der Waals surface area (Å²) >= 11 is 0. The number of hydrogen-bond donors (Lipinski definition) is 5. The number of fused-ring (bicyclic) bond motifs is 4. The van der Waals surface area contributed by atoms with E-state index in [1.54, 1.807) is 0 Å². The molecule has 7 heterocycles. The van der Waals surface area contributed by atoms with Gasteiger partial charge in [-0.15, -0.1) is 0 Å². The van der Waals surface area contributed by atoms with Crippen LogP contribution in [-0.4, -0.2) is 107 Å². The van der Waals surface area contributed by atoms with Crippen LogP contribution in [0.3, 0.4) is 0 Å². The second-order valence-electron chi connectivity index (χ2n) is 10.3. The van der Waals surface area contributed by atoms with Crippen molar-refractivity contribution in [3.8, 4) is 0 Å². The van der Waals surface area contributed by atoms with Gasteiger partial charge in [0.2, 0.25) is 0 Å². The number of aromatic amines is 1. The number of rotatable bonds is 2. The lowest BCUT2D eigenvalue weighted by Gasteiger charge is -2.26. The van der Waals surface area contributed by atoms with E-state index in [2.05, 4.69) is 34.6 Å². The van der Waals surface area contributed by atoms with Gasteiger partial charge < -0.3 is 30.2 Å². The number of phosphoric acid groups is 1. The van der Waals surface area contributed by atoms with E-state index >= 15 is 4.39 Å². The molecule has 1 unspecified atom stereocenters. The molecule has 4 aromatic rings. The Morgan fingerprint density at radius 3 is 2.56 bits per heavy atom. The molecule has 45 heavy (non-hydrogen) atoms. The predicted molar refractivity (Wildman–Crippen MR) is 144 cm³/mol. The molecule has 242 valence electrons. The number of halogens is 1. The Morgan fingerprint density at radius 2 is 1.78 bits per heavy atom. The van der Waals surface area contributed by atoms with E-state index in [0.29, 0.717) is 0 Å². The van der Waals surface area contributed by atoms with E-state index in [0.717, 1.165) is 17.2 Å². The normalized spacial score (nSPS) is 35.6. The fourth-order valence-corrected chi connectivity index (χ4v) is 7.33. The van der Waals surface area contributed by atoms with Crippen LogP contribution in [-0.2, 0) is 37.6 Å². The monoisotopic (exact) mass is 674 g/mol. The molecule has 0 bridgehead atoms. The second-order valence-corrected chi connectivity index (χ2v) is 13.1. The van der Waals surface area contributed by atoms with Crippen molar-refractivity contribution in [3.05, 3.63) is 35.2 Å². The van der Waals surface area contributed by atoms with Gasteiger partial charge in [-0.2, -0.15) is 13.1 Å². The molecule has 3 fully saturated rings. The van der Waals surface area contributed by atoms with Crippen LogP contribution in [0.15, 0.2) is 23.8 Å². The maximum absolute atomic E-state index is 15.9. The molecule has 0 spiro atoms. The number of ether oxygens (including phenoxy) is 2. The average molecular weight is 675 g/mol. The molecular weight excluding hydrogens is 650 g/mol. The first-order chi connectivity index (χ1) is 21.3. The fourth-order valence-electron chi connectivity index (χ4n) is 5.41. The van der Waals surface area contributed by atoms with Crippen molar-refractivity contribution in [2.24, 2.45) is 0 Å². The van der Waals surface area contributed by atoms with Crippen molar-refractivity contribution >= 4 is 46.3 Å². The number of phosphoric ester groups is 1. The van der Waals surface area contributed by atoms with Crippen LogP contribution in [0.4, 0.5) is 10.2 Å². The summed E-state index contributed by atoms with van der Waals surface area (Å²) in [4.78, 5) is 45.4. The van der Waals surface area contributed by atoms with E-state index in [1.807, 2.05) is 0 Å². The number of anilines is 1. The molecule has 0 aliphatic carbocycles. The molecule has 4 aromatic heterocycles. The third-order valence-electron chi connectivity index (χ3n) is 7.42. The molecule has 3 saturated heterocycles. The van der Waals surface area contributed by atoms with Crippen LogP contribution in [0, 0.1) is 6.92 Å². The SMILES string of the molecule is Cc1nc2c(ncn2[C@@H]2O[C@@H]3COP(=O)(O)O[C@H]4[C@@H](O)[C@H](n5cnc6c(N)ncnc65)O[C@@H]4CNS(=O)(=O)O[C@H]3[C@H]2F)c(=O)[nH]1. The number of aliphatic hydroxyl groups is 1. The summed E-state index contributed by atoms with van der Waals surface area (Å²) in [6, 6.07) is 0. The first-order valence-corrected chi connectivity index (χ1v) is 16.1. The highest BCUT2D eigenvalue weighted by atomic mass is 32.2. The fraction of sp³-hybridized carbons (Fsp3) is 0.524. The van der Waals surface area contributed by atoms with E-state index < -0.39 is 86.0 Å². The van der Waals surface area contributed by atoms with E-state index in [1.165, 1.54) is 17.8 Å². The number of aromatic nitrogens is 8. The third kappa shape index (κ3) is 5.29. The molecule has 3 aliphatic heterocycles. The van der Waals surface area contributed by atoms with Crippen LogP contribution < -0.4 is 16.0 Å². The number of nitrogens with zero attached hydrogens (tertiary/aromatic N) is 7.